The van der Waals surface area contributed by atoms with E-state index in [1.54, 1.807) is 18.2 Å². The normalized spacial score (nSPS) is 22.8. The lowest BCUT2D eigenvalue weighted by atomic mass is 9.99. The maximum Gasteiger partial charge on any atom is 0.341 e. The highest BCUT2D eigenvalue weighted by atomic mass is 32.2. The minimum atomic E-state index is -2.89. The van der Waals surface area contributed by atoms with Crippen LogP contribution in [0.25, 0.3) is 6.08 Å². The van der Waals surface area contributed by atoms with Gasteiger partial charge in [-0.3, -0.25) is 13.4 Å². The van der Waals surface area contributed by atoms with Crippen LogP contribution in [0, 0.1) is 11.7 Å². The van der Waals surface area contributed by atoms with Gasteiger partial charge >= 0.3 is 5.97 Å². The highest BCUT2D eigenvalue weighted by molar-refractivity contribution is 7.81. The number of fused-ring (bicyclic) bond motifs is 3. The molecule has 3 unspecified atom stereocenters. The summed E-state index contributed by atoms with van der Waals surface area (Å²) in [6.07, 6.45) is 3.90. The van der Waals surface area contributed by atoms with Crippen molar-refractivity contribution in [3.05, 3.63) is 58.9 Å². The molecule has 2 heterocycles. The number of benzene rings is 2. The molecule has 3 atom stereocenters. The first-order valence-corrected chi connectivity index (χ1v) is 11.7. The van der Waals surface area contributed by atoms with E-state index in [2.05, 4.69) is 0 Å². The van der Waals surface area contributed by atoms with Crippen molar-refractivity contribution in [3.63, 3.8) is 0 Å². The van der Waals surface area contributed by atoms with Crippen molar-refractivity contribution in [1.29, 1.82) is 0 Å². The van der Waals surface area contributed by atoms with Crippen LogP contribution in [0.4, 0.5) is 15.8 Å². The maximum absolute atomic E-state index is 14.0. The summed E-state index contributed by atoms with van der Waals surface area (Å²) < 4.78 is 45.4. The molecular weight excluding hydrogens is 451 g/mol. The van der Waals surface area contributed by atoms with E-state index in [0.717, 1.165) is 22.4 Å². The van der Waals surface area contributed by atoms with Gasteiger partial charge in [0.1, 0.15) is 17.1 Å². The Balaban J connectivity index is 1.56. The van der Waals surface area contributed by atoms with E-state index in [4.69, 9.17) is 4.74 Å². The van der Waals surface area contributed by atoms with Crippen LogP contribution in [0.2, 0.25) is 0 Å². The zero-order valence-electron chi connectivity index (χ0n) is 17.5. The second kappa shape index (κ2) is 8.53. The lowest BCUT2D eigenvalue weighted by Crippen LogP contribution is -2.50. The summed E-state index contributed by atoms with van der Waals surface area (Å²) in [7, 11) is 0. The third-order valence-corrected chi connectivity index (χ3v) is 7.01. The molecule has 33 heavy (non-hydrogen) atoms. The van der Waals surface area contributed by atoms with E-state index in [0.29, 0.717) is 32.2 Å². The van der Waals surface area contributed by atoms with Crippen molar-refractivity contribution in [2.45, 2.75) is 18.4 Å². The number of hydrogen-bond acceptors (Lipinski definition) is 6. The first kappa shape index (κ1) is 22.0. The summed E-state index contributed by atoms with van der Waals surface area (Å²) >= 11 is -2.89. The molecule has 2 N–H and O–H groups in total. The fraction of sp³-hybridized carbons (Fsp3) is 0.348. The van der Waals surface area contributed by atoms with Gasteiger partial charge in [0.05, 0.1) is 35.4 Å². The molecule has 1 saturated heterocycles. The van der Waals surface area contributed by atoms with Crippen molar-refractivity contribution >= 4 is 34.7 Å². The molecule has 1 saturated carbocycles. The van der Waals surface area contributed by atoms with Crippen LogP contribution in [0.15, 0.2) is 36.4 Å². The molecule has 0 amide bonds. The number of aliphatic hydroxyl groups is 1. The third kappa shape index (κ3) is 4.15. The lowest BCUT2D eigenvalue weighted by molar-refractivity contribution is 0.00991. The van der Waals surface area contributed by atoms with Crippen LogP contribution in [0.5, 0.6) is 5.75 Å². The van der Waals surface area contributed by atoms with Crippen molar-refractivity contribution < 1.29 is 32.9 Å². The van der Waals surface area contributed by atoms with E-state index in [1.165, 1.54) is 18.2 Å². The molecule has 0 radical (unpaired) electrons. The fourth-order valence-electron chi connectivity index (χ4n) is 4.57. The van der Waals surface area contributed by atoms with Gasteiger partial charge < -0.3 is 19.5 Å². The minimum absolute atomic E-state index is 0.0687. The Morgan fingerprint density at radius 3 is 2.76 bits per heavy atom. The summed E-state index contributed by atoms with van der Waals surface area (Å²) in [6, 6.07) is 6.82. The second-order valence-corrected chi connectivity index (χ2v) is 9.39. The number of halogens is 1. The predicted octanol–water partition coefficient (Wildman–Crippen LogP) is 2.64. The molecule has 10 heteroatoms. The summed E-state index contributed by atoms with van der Waals surface area (Å²) in [5, 5.41) is 19.4. The zero-order chi connectivity index (χ0) is 23.3. The van der Waals surface area contributed by atoms with Gasteiger partial charge in [0, 0.05) is 31.1 Å². The van der Waals surface area contributed by atoms with Crippen LogP contribution in [0.1, 0.15) is 33.8 Å². The Morgan fingerprint density at radius 1 is 1.30 bits per heavy atom. The van der Waals surface area contributed by atoms with Crippen LogP contribution >= 0.6 is 0 Å². The molecule has 174 valence electrons. The van der Waals surface area contributed by atoms with Crippen molar-refractivity contribution in [1.82, 2.24) is 4.90 Å². The SMILES string of the molecule is O=C(O)c1c(N(c2ccc(F)cc2C=CCN2CC(O)C2)S(=O)[O-])ccc2c1OCC1CC21. The smallest absolute Gasteiger partial charge is 0.341 e. The average molecular weight is 474 g/mol. The Hall–Kier alpha value is -2.79. The van der Waals surface area contributed by atoms with Gasteiger partial charge in [0.15, 0.2) is 0 Å². The molecule has 3 aliphatic rings. The van der Waals surface area contributed by atoms with Crippen LogP contribution in [0.3, 0.4) is 0 Å². The van der Waals surface area contributed by atoms with Gasteiger partial charge in [-0.1, -0.05) is 18.2 Å². The number of β-amino-alcohol motifs (C(OH)–C–C–N with tert-alkyl or cyclic N) is 1. The van der Waals surface area contributed by atoms with Gasteiger partial charge in [-0.25, -0.2) is 9.18 Å². The maximum atomic E-state index is 14.0. The molecule has 5 rings (SSSR count). The lowest BCUT2D eigenvalue weighted by Gasteiger charge is -2.34. The predicted molar refractivity (Wildman–Crippen MR) is 119 cm³/mol. The summed E-state index contributed by atoms with van der Waals surface area (Å²) in [5.41, 5.74) is 0.876. The summed E-state index contributed by atoms with van der Waals surface area (Å²) in [4.78, 5) is 14.2. The highest BCUT2D eigenvalue weighted by Crippen LogP contribution is 2.56. The molecule has 8 nitrogen and oxygen atoms in total. The Kier molecular flexibility index (Phi) is 5.69. The third-order valence-electron chi connectivity index (χ3n) is 6.32. The van der Waals surface area contributed by atoms with Gasteiger partial charge in [-0.15, -0.1) is 0 Å². The van der Waals surface area contributed by atoms with Crippen molar-refractivity contribution in [2.24, 2.45) is 5.92 Å². The average Bonchev–Trinajstić information content (AvgIpc) is 3.53. The summed E-state index contributed by atoms with van der Waals surface area (Å²) in [5.74, 6) is -1.05. The van der Waals surface area contributed by atoms with E-state index in [9.17, 15) is 28.2 Å². The monoisotopic (exact) mass is 473 g/mol. The molecule has 2 aromatic carbocycles. The van der Waals surface area contributed by atoms with E-state index < -0.39 is 23.1 Å². The number of nitrogens with zero attached hydrogens (tertiary/aromatic N) is 2. The topological polar surface area (TPSA) is 113 Å². The number of anilines is 2. The standard InChI is InChI=1S/C23H23FN2O6S/c24-15-3-5-19(13(8-15)2-1-7-25-10-16(27)11-25)26(33(30)31)20-6-4-17-18-9-14(18)12-32-22(17)21(20)23(28)29/h1-6,8,14,16,18,27H,7,9-12H2,(H,28,29)(H,30,31)/p-1. The Bertz CT molecular complexity index is 1170. The van der Waals surface area contributed by atoms with Gasteiger partial charge in [-0.05, 0) is 42.2 Å². The molecular formula is C23H22FN2O6S-. The molecule has 0 aromatic heterocycles. The van der Waals surface area contributed by atoms with Crippen molar-refractivity contribution in [2.75, 3.05) is 30.5 Å². The number of carboxylic acid groups (broad SMARTS) is 1. The molecule has 2 aliphatic heterocycles. The van der Waals surface area contributed by atoms with E-state index in [-0.39, 0.29) is 40.3 Å². The van der Waals surface area contributed by atoms with Gasteiger partial charge in [0.2, 0.25) is 0 Å². The zero-order valence-corrected chi connectivity index (χ0v) is 18.3. The number of carbonyl (C=O) groups is 1. The number of carboxylic acids is 1. The quantitative estimate of drug-likeness (QED) is 0.595. The van der Waals surface area contributed by atoms with Gasteiger partial charge in [0.25, 0.3) is 0 Å². The number of aliphatic hydroxyl groups excluding tert-OH is 1. The number of likely N-dealkylation sites (tertiary alicyclic amines) is 1. The molecule has 2 aromatic rings. The number of hydrogen-bond donors (Lipinski definition) is 2. The van der Waals surface area contributed by atoms with E-state index in [1.807, 2.05) is 4.90 Å². The second-order valence-electron chi connectivity index (χ2n) is 8.59. The Labute approximate surface area is 192 Å². The Morgan fingerprint density at radius 2 is 2.06 bits per heavy atom. The van der Waals surface area contributed by atoms with Gasteiger partial charge in [-0.2, -0.15) is 0 Å². The van der Waals surface area contributed by atoms with E-state index >= 15 is 0 Å². The minimum Gasteiger partial charge on any atom is -0.755 e. The first-order valence-electron chi connectivity index (χ1n) is 10.6. The highest BCUT2D eigenvalue weighted by Gasteiger charge is 2.45. The number of aromatic carboxylic acids is 1. The number of ether oxygens (including phenoxy) is 1. The first-order chi connectivity index (χ1) is 15.8. The fourth-order valence-corrected chi connectivity index (χ4v) is 5.21. The van der Waals surface area contributed by atoms with Crippen LogP contribution in [-0.2, 0) is 11.3 Å². The van der Waals surface area contributed by atoms with Crippen LogP contribution < -0.4 is 9.04 Å². The van der Waals surface area contributed by atoms with Crippen molar-refractivity contribution in [3.8, 4) is 5.75 Å². The molecule has 0 spiro atoms. The molecule has 1 aliphatic carbocycles. The molecule has 0 bridgehead atoms. The largest absolute Gasteiger partial charge is 0.755 e. The summed E-state index contributed by atoms with van der Waals surface area (Å²) in [6.45, 7) is 1.98. The molecule has 2 fully saturated rings. The van der Waals surface area contributed by atoms with Crippen LogP contribution in [-0.4, -0.2) is 62.2 Å². The number of rotatable bonds is 7.